The smallest absolute Gasteiger partial charge is 0.379 e. The number of allylic oxidation sites excluding steroid dienone is 1. The van der Waals surface area contributed by atoms with E-state index in [1.54, 1.807) is 0 Å². The lowest BCUT2D eigenvalue weighted by Gasteiger charge is -2.21. The van der Waals surface area contributed by atoms with Gasteiger partial charge in [0, 0.05) is 13.1 Å². The highest BCUT2D eigenvalue weighted by Gasteiger charge is 2.40. The first-order chi connectivity index (χ1) is 11.3. The van der Waals surface area contributed by atoms with Crippen LogP contribution < -0.4 is 4.90 Å². The summed E-state index contributed by atoms with van der Waals surface area (Å²) in [7, 11) is 0. The second-order valence-corrected chi connectivity index (χ2v) is 5.78. The van der Waals surface area contributed by atoms with Crippen LogP contribution in [0.15, 0.2) is 40.1 Å². The Morgan fingerprint density at radius 2 is 2.04 bits per heavy atom. The summed E-state index contributed by atoms with van der Waals surface area (Å²) in [6.07, 6.45) is -3.44. The zero-order valence-electron chi connectivity index (χ0n) is 13.1. The van der Waals surface area contributed by atoms with Crippen LogP contribution in [0.4, 0.5) is 18.9 Å². The summed E-state index contributed by atoms with van der Waals surface area (Å²) < 4.78 is 43.2. The van der Waals surface area contributed by atoms with Gasteiger partial charge in [-0.25, -0.2) is 4.63 Å². The summed E-state index contributed by atoms with van der Waals surface area (Å²) in [5.41, 5.74) is 2.97. The zero-order valence-corrected chi connectivity index (χ0v) is 13.1. The molecule has 1 aromatic carbocycles. The monoisotopic (exact) mass is 339 g/mol. The standard InChI is InChI=1S/C16H16F3N3O2/c1-3-4-10-8-22(7-9(10)2)13-6-11(15(23)16(17,18)19)5-12-14(13)21-24-20-12/h3-6,15,23H,7-8H2,1-2H3/b4-3-. The molecule has 0 bridgehead atoms. The van der Waals surface area contributed by atoms with E-state index < -0.39 is 12.3 Å². The number of aromatic nitrogens is 2. The number of benzene rings is 1. The molecule has 0 saturated carbocycles. The van der Waals surface area contributed by atoms with E-state index >= 15 is 0 Å². The molecular formula is C16H16F3N3O2. The van der Waals surface area contributed by atoms with E-state index in [0.29, 0.717) is 24.3 Å². The maximum Gasteiger partial charge on any atom is 0.418 e. The van der Waals surface area contributed by atoms with Gasteiger partial charge in [0.1, 0.15) is 5.52 Å². The summed E-state index contributed by atoms with van der Waals surface area (Å²) in [5.74, 6) is 0. The van der Waals surface area contributed by atoms with Crippen LogP contribution in [0.25, 0.3) is 11.0 Å². The minimum atomic E-state index is -4.75. The average Bonchev–Trinajstić information content (AvgIpc) is 3.12. The zero-order chi connectivity index (χ0) is 17.5. The molecule has 0 aliphatic carbocycles. The van der Waals surface area contributed by atoms with Crippen LogP contribution in [-0.4, -0.2) is 34.7 Å². The van der Waals surface area contributed by atoms with Gasteiger partial charge >= 0.3 is 6.18 Å². The van der Waals surface area contributed by atoms with Gasteiger partial charge in [0.15, 0.2) is 11.6 Å². The van der Waals surface area contributed by atoms with E-state index in [2.05, 4.69) is 14.9 Å². The Hall–Kier alpha value is -2.35. The number of nitrogens with zero attached hydrogens (tertiary/aromatic N) is 3. The van der Waals surface area contributed by atoms with Gasteiger partial charge in [-0.15, -0.1) is 0 Å². The molecule has 2 heterocycles. The van der Waals surface area contributed by atoms with Gasteiger partial charge in [0.2, 0.25) is 0 Å². The fourth-order valence-corrected chi connectivity index (χ4v) is 2.83. The van der Waals surface area contributed by atoms with E-state index in [1.165, 1.54) is 6.07 Å². The minimum absolute atomic E-state index is 0.183. The molecule has 2 aromatic rings. The number of halogens is 3. The SMILES string of the molecule is C/C=C\C1=C(C)CN(c2cc(C(O)C(F)(F)F)cc3nonc23)C1. The Bertz CT molecular complexity index is 824. The third kappa shape index (κ3) is 2.89. The third-order valence-electron chi connectivity index (χ3n) is 4.04. The summed E-state index contributed by atoms with van der Waals surface area (Å²) in [6, 6.07) is 2.45. The van der Waals surface area contributed by atoms with Gasteiger partial charge < -0.3 is 10.0 Å². The van der Waals surface area contributed by atoms with Gasteiger partial charge in [0.05, 0.1) is 5.69 Å². The highest BCUT2D eigenvalue weighted by molar-refractivity contribution is 5.89. The van der Waals surface area contributed by atoms with Gasteiger partial charge in [-0.05, 0) is 53.0 Å². The van der Waals surface area contributed by atoms with Crippen molar-refractivity contribution < 1.29 is 22.9 Å². The quantitative estimate of drug-likeness (QED) is 0.927. The molecule has 1 aliphatic rings. The Balaban J connectivity index is 2.04. The Morgan fingerprint density at radius 1 is 1.29 bits per heavy atom. The van der Waals surface area contributed by atoms with Crippen molar-refractivity contribution in [2.75, 3.05) is 18.0 Å². The Labute approximate surface area is 136 Å². The molecule has 0 amide bonds. The van der Waals surface area contributed by atoms with E-state index in [0.717, 1.165) is 17.2 Å². The molecule has 0 saturated heterocycles. The molecule has 128 valence electrons. The molecule has 8 heteroatoms. The maximum absolute atomic E-state index is 12.9. The average molecular weight is 339 g/mol. The van der Waals surface area contributed by atoms with E-state index in [4.69, 9.17) is 0 Å². The van der Waals surface area contributed by atoms with Crippen molar-refractivity contribution in [3.05, 3.63) is 41.0 Å². The molecule has 1 unspecified atom stereocenters. The molecule has 1 N–H and O–H groups in total. The molecule has 1 atom stereocenters. The predicted octanol–water partition coefficient (Wildman–Crippen LogP) is 3.53. The normalized spacial score (nSPS) is 17.5. The number of hydrogen-bond donors (Lipinski definition) is 1. The molecule has 1 aromatic heterocycles. The van der Waals surface area contributed by atoms with Crippen LogP contribution in [0.5, 0.6) is 0 Å². The van der Waals surface area contributed by atoms with Crippen LogP contribution in [-0.2, 0) is 0 Å². The maximum atomic E-state index is 12.9. The van der Waals surface area contributed by atoms with Gasteiger partial charge in [0.25, 0.3) is 0 Å². The molecule has 5 nitrogen and oxygen atoms in total. The van der Waals surface area contributed by atoms with Crippen LogP contribution in [0.3, 0.4) is 0 Å². The van der Waals surface area contributed by atoms with Gasteiger partial charge in [-0.2, -0.15) is 13.2 Å². The topological polar surface area (TPSA) is 62.4 Å². The first-order valence-electron chi connectivity index (χ1n) is 7.38. The molecule has 1 aliphatic heterocycles. The molecule has 3 rings (SSSR count). The lowest BCUT2D eigenvalue weighted by Crippen LogP contribution is -2.23. The Morgan fingerprint density at radius 3 is 2.71 bits per heavy atom. The second kappa shape index (κ2) is 5.94. The van der Waals surface area contributed by atoms with Gasteiger partial charge in [-0.1, -0.05) is 12.2 Å². The summed E-state index contributed by atoms with van der Waals surface area (Å²) >= 11 is 0. The van der Waals surface area contributed by atoms with Crippen molar-refractivity contribution in [1.82, 2.24) is 10.3 Å². The van der Waals surface area contributed by atoms with Crippen LogP contribution in [0.2, 0.25) is 0 Å². The fourth-order valence-electron chi connectivity index (χ4n) is 2.83. The molecule has 0 spiro atoms. The lowest BCUT2D eigenvalue weighted by molar-refractivity contribution is -0.206. The summed E-state index contributed by atoms with van der Waals surface area (Å²) in [4.78, 5) is 1.89. The van der Waals surface area contributed by atoms with Crippen molar-refractivity contribution in [2.24, 2.45) is 0 Å². The number of rotatable bonds is 3. The molecular weight excluding hydrogens is 323 g/mol. The van der Waals surface area contributed by atoms with E-state index in [1.807, 2.05) is 30.9 Å². The first kappa shape index (κ1) is 16.5. The predicted molar refractivity (Wildman–Crippen MR) is 82.5 cm³/mol. The van der Waals surface area contributed by atoms with Crippen molar-refractivity contribution in [1.29, 1.82) is 0 Å². The van der Waals surface area contributed by atoms with Crippen LogP contribution in [0.1, 0.15) is 25.5 Å². The third-order valence-corrected chi connectivity index (χ3v) is 4.04. The van der Waals surface area contributed by atoms with Gasteiger partial charge in [-0.3, -0.25) is 0 Å². The van der Waals surface area contributed by atoms with Crippen LogP contribution >= 0.6 is 0 Å². The number of fused-ring (bicyclic) bond motifs is 1. The second-order valence-electron chi connectivity index (χ2n) is 5.78. The van der Waals surface area contributed by atoms with Crippen LogP contribution in [0, 0.1) is 0 Å². The highest BCUT2D eigenvalue weighted by Crippen LogP contribution is 2.38. The van der Waals surface area contributed by atoms with E-state index in [9.17, 15) is 18.3 Å². The first-order valence-corrected chi connectivity index (χ1v) is 7.38. The summed E-state index contributed by atoms with van der Waals surface area (Å²) in [6.45, 7) is 4.99. The van der Waals surface area contributed by atoms with Crippen molar-refractivity contribution in [3.8, 4) is 0 Å². The molecule has 24 heavy (non-hydrogen) atoms. The largest absolute Gasteiger partial charge is 0.418 e. The number of alkyl halides is 3. The molecule has 0 fully saturated rings. The number of aliphatic hydroxyl groups is 1. The number of hydrogen-bond acceptors (Lipinski definition) is 5. The number of aliphatic hydroxyl groups excluding tert-OH is 1. The van der Waals surface area contributed by atoms with E-state index in [-0.39, 0.29) is 11.1 Å². The fraction of sp³-hybridized carbons (Fsp3) is 0.375. The summed E-state index contributed by atoms with van der Waals surface area (Å²) in [5, 5.41) is 17.0. The molecule has 0 radical (unpaired) electrons. The lowest BCUT2D eigenvalue weighted by atomic mass is 10.1. The van der Waals surface area contributed by atoms with Crippen molar-refractivity contribution in [3.63, 3.8) is 0 Å². The highest BCUT2D eigenvalue weighted by atomic mass is 19.4. The van der Waals surface area contributed by atoms with Crippen molar-refractivity contribution >= 4 is 16.7 Å². The van der Waals surface area contributed by atoms with Crippen molar-refractivity contribution in [2.45, 2.75) is 26.1 Å². The minimum Gasteiger partial charge on any atom is -0.379 e. The number of anilines is 1. The Kier molecular flexibility index (Phi) is 4.08.